The number of aryl methyl sites for hydroxylation is 2. The van der Waals surface area contributed by atoms with Gasteiger partial charge in [-0.1, -0.05) is 25.1 Å². The van der Waals surface area contributed by atoms with Crippen LogP contribution in [0.2, 0.25) is 0 Å². The Morgan fingerprint density at radius 2 is 1.95 bits per heavy atom. The molecule has 2 heterocycles. The van der Waals surface area contributed by atoms with Gasteiger partial charge in [0.05, 0.1) is 0 Å². The van der Waals surface area contributed by atoms with Gasteiger partial charge < -0.3 is 14.6 Å². The number of benzene rings is 1. The molecule has 1 aromatic carbocycles. The van der Waals surface area contributed by atoms with Gasteiger partial charge in [0.2, 0.25) is 0 Å². The second-order valence-corrected chi connectivity index (χ2v) is 6.67. The fourth-order valence-corrected chi connectivity index (χ4v) is 3.41. The first-order valence-electron chi connectivity index (χ1n) is 7.92. The Bertz CT molecular complexity index is 584. The maximum absolute atomic E-state index is 5.48. The lowest BCUT2D eigenvalue weighted by Gasteiger charge is -2.33. The number of hydrogen-bond donors (Lipinski definition) is 1. The van der Waals surface area contributed by atoms with Gasteiger partial charge in [0, 0.05) is 49.9 Å². The quantitative estimate of drug-likeness (QED) is 0.932. The fraction of sp³-hybridized carbons (Fsp3) is 0.556. The van der Waals surface area contributed by atoms with Gasteiger partial charge >= 0.3 is 0 Å². The van der Waals surface area contributed by atoms with Gasteiger partial charge in [-0.15, -0.1) is 0 Å². The summed E-state index contributed by atoms with van der Waals surface area (Å²) in [4.78, 5) is 0. The second kappa shape index (κ2) is 5.82. The second-order valence-electron chi connectivity index (χ2n) is 6.67. The lowest BCUT2D eigenvalue weighted by molar-refractivity contribution is 0.0239. The molecule has 1 N–H and O–H groups in total. The minimum atomic E-state index is 0.386. The molecule has 1 aliphatic heterocycles. The van der Waals surface area contributed by atoms with Crippen molar-refractivity contribution in [3.8, 4) is 0 Å². The van der Waals surface area contributed by atoms with Crippen molar-refractivity contribution in [2.75, 3.05) is 19.8 Å². The van der Waals surface area contributed by atoms with Crippen LogP contribution in [0.5, 0.6) is 0 Å². The minimum absolute atomic E-state index is 0.386. The third-order valence-electron chi connectivity index (χ3n) is 5.05. The number of nitrogens with one attached hydrogen (secondary N) is 1. The topological polar surface area (TPSA) is 26.2 Å². The molecular weight excluding hydrogens is 260 g/mol. The molecule has 0 atom stereocenters. The van der Waals surface area contributed by atoms with Crippen molar-refractivity contribution in [1.82, 2.24) is 9.88 Å². The van der Waals surface area contributed by atoms with Gasteiger partial charge in [0.15, 0.2) is 0 Å². The number of hydrogen-bond acceptors (Lipinski definition) is 2. The van der Waals surface area contributed by atoms with Crippen molar-refractivity contribution in [1.29, 1.82) is 0 Å². The molecule has 3 heteroatoms. The van der Waals surface area contributed by atoms with Crippen molar-refractivity contribution in [3.63, 3.8) is 0 Å². The smallest absolute Gasteiger partial charge is 0.0483 e. The number of aromatic nitrogens is 1. The largest absolute Gasteiger partial charge is 0.381 e. The molecule has 3 nitrogen and oxygen atoms in total. The van der Waals surface area contributed by atoms with E-state index in [0.717, 1.165) is 39.1 Å². The molecule has 0 spiro atoms. The lowest BCUT2D eigenvalue weighted by Crippen LogP contribution is -2.36. The Kier molecular flexibility index (Phi) is 4.05. The summed E-state index contributed by atoms with van der Waals surface area (Å²) in [6.07, 6.45) is 2.32. The Morgan fingerprint density at radius 1 is 1.24 bits per heavy atom. The molecular formula is C18H26N2O. The van der Waals surface area contributed by atoms with Gasteiger partial charge in [0.1, 0.15) is 0 Å². The van der Waals surface area contributed by atoms with E-state index in [4.69, 9.17) is 4.74 Å². The molecule has 1 saturated heterocycles. The first kappa shape index (κ1) is 14.6. The van der Waals surface area contributed by atoms with Gasteiger partial charge in [0.25, 0.3) is 0 Å². The van der Waals surface area contributed by atoms with E-state index in [1.54, 1.807) is 0 Å². The molecule has 3 rings (SSSR count). The molecule has 1 fully saturated rings. The first-order valence-corrected chi connectivity index (χ1v) is 7.92. The summed E-state index contributed by atoms with van der Waals surface area (Å²) in [5, 5.41) is 5.05. The van der Waals surface area contributed by atoms with Crippen molar-refractivity contribution < 1.29 is 4.74 Å². The van der Waals surface area contributed by atoms with E-state index in [1.807, 2.05) is 0 Å². The van der Waals surface area contributed by atoms with Gasteiger partial charge in [-0.2, -0.15) is 0 Å². The molecule has 21 heavy (non-hydrogen) atoms. The number of rotatable bonds is 4. The molecule has 2 aromatic rings. The first-order chi connectivity index (χ1) is 10.1. The van der Waals surface area contributed by atoms with Crippen molar-refractivity contribution >= 4 is 10.9 Å². The summed E-state index contributed by atoms with van der Waals surface area (Å²) in [5.74, 6) is 0. The standard InChI is InChI=1S/C18H26N2O/c1-14-15-6-4-5-7-16(15)20(3)17(14)12-19-13-18(2)8-10-21-11-9-18/h4-7,19H,8-13H2,1-3H3. The van der Waals surface area contributed by atoms with Crippen LogP contribution >= 0.6 is 0 Å². The third-order valence-corrected chi connectivity index (χ3v) is 5.05. The van der Waals surface area contributed by atoms with Crippen LogP contribution in [0, 0.1) is 12.3 Å². The van der Waals surface area contributed by atoms with E-state index in [-0.39, 0.29) is 0 Å². The SMILES string of the molecule is Cc1c(CNCC2(C)CCOCC2)n(C)c2ccccc12. The van der Waals surface area contributed by atoms with Crippen LogP contribution in [0.1, 0.15) is 31.0 Å². The molecule has 0 radical (unpaired) electrons. The van der Waals surface area contributed by atoms with Gasteiger partial charge in [-0.05, 0) is 36.8 Å². The minimum Gasteiger partial charge on any atom is -0.381 e. The molecule has 1 aromatic heterocycles. The normalized spacial score (nSPS) is 18.2. The summed E-state index contributed by atoms with van der Waals surface area (Å²) >= 11 is 0. The van der Waals surface area contributed by atoms with Crippen LogP contribution in [0.4, 0.5) is 0 Å². The summed E-state index contributed by atoms with van der Waals surface area (Å²) < 4.78 is 7.80. The zero-order chi connectivity index (χ0) is 14.9. The highest BCUT2D eigenvalue weighted by Crippen LogP contribution is 2.29. The Hall–Kier alpha value is -1.32. The van der Waals surface area contributed by atoms with Crippen LogP contribution < -0.4 is 5.32 Å². The average molecular weight is 286 g/mol. The molecule has 0 amide bonds. The molecule has 1 aliphatic rings. The Morgan fingerprint density at radius 3 is 2.67 bits per heavy atom. The number of fused-ring (bicyclic) bond motifs is 1. The van der Waals surface area contributed by atoms with E-state index < -0.39 is 0 Å². The van der Waals surface area contributed by atoms with Crippen LogP contribution in [-0.2, 0) is 18.3 Å². The highest BCUT2D eigenvalue weighted by atomic mass is 16.5. The Balaban J connectivity index is 1.71. The molecule has 0 unspecified atom stereocenters. The summed E-state index contributed by atoms with van der Waals surface area (Å²) in [5.41, 5.74) is 4.50. The van der Waals surface area contributed by atoms with Crippen molar-refractivity contribution in [2.24, 2.45) is 12.5 Å². The van der Waals surface area contributed by atoms with E-state index in [2.05, 4.69) is 55.0 Å². The van der Waals surface area contributed by atoms with Crippen molar-refractivity contribution in [2.45, 2.75) is 33.2 Å². The van der Waals surface area contributed by atoms with Gasteiger partial charge in [-0.25, -0.2) is 0 Å². The van der Waals surface area contributed by atoms with Gasteiger partial charge in [-0.3, -0.25) is 0 Å². The zero-order valence-electron chi connectivity index (χ0n) is 13.4. The van der Waals surface area contributed by atoms with Crippen LogP contribution in [-0.4, -0.2) is 24.3 Å². The average Bonchev–Trinajstić information content (AvgIpc) is 2.73. The monoisotopic (exact) mass is 286 g/mol. The lowest BCUT2D eigenvalue weighted by atomic mass is 9.82. The number of ether oxygens (including phenoxy) is 1. The maximum Gasteiger partial charge on any atom is 0.0483 e. The van der Waals surface area contributed by atoms with E-state index in [9.17, 15) is 0 Å². The predicted molar refractivity (Wildman–Crippen MR) is 87.5 cm³/mol. The zero-order valence-corrected chi connectivity index (χ0v) is 13.4. The van der Waals surface area contributed by atoms with Crippen LogP contribution in [0.15, 0.2) is 24.3 Å². The maximum atomic E-state index is 5.48. The van der Waals surface area contributed by atoms with E-state index >= 15 is 0 Å². The molecule has 114 valence electrons. The van der Waals surface area contributed by atoms with Crippen LogP contribution in [0.3, 0.4) is 0 Å². The summed E-state index contributed by atoms with van der Waals surface area (Å²) in [7, 11) is 2.17. The highest BCUT2D eigenvalue weighted by Gasteiger charge is 2.26. The molecule has 0 bridgehead atoms. The molecule has 0 saturated carbocycles. The highest BCUT2D eigenvalue weighted by molar-refractivity contribution is 5.85. The van der Waals surface area contributed by atoms with E-state index in [0.29, 0.717) is 5.41 Å². The summed E-state index contributed by atoms with van der Waals surface area (Å²) in [6, 6.07) is 8.65. The predicted octanol–water partition coefficient (Wildman–Crippen LogP) is 3.39. The fourth-order valence-electron chi connectivity index (χ4n) is 3.41. The van der Waals surface area contributed by atoms with Crippen LogP contribution in [0.25, 0.3) is 10.9 Å². The molecule has 0 aliphatic carbocycles. The number of nitrogens with zero attached hydrogens (tertiary/aromatic N) is 1. The summed E-state index contributed by atoms with van der Waals surface area (Å²) in [6.45, 7) is 8.42. The Labute approximate surface area is 127 Å². The van der Waals surface area contributed by atoms with Crippen molar-refractivity contribution in [3.05, 3.63) is 35.5 Å². The van der Waals surface area contributed by atoms with E-state index in [1.165, 1.54) is 22.2 Å². The third kappa shape index (κ3) is 2.85. The number of para-hydroxylation sites is 1.